The van der Waals surface area contributed by atoms with Crippen molar-refractivity contribution in [3.05, 3.63) is 41.5 Å². The Morgan fingerprint density at radius 3 is 2.80 bits per heavy atom. The van der Waals surface area contributed by atoms with Crippen LogP contribution in [0.5, 0.6) is 0 Å². The number of nitrogens with zero attached hydrogens (tertiary/aromatic N) is 1. The highest BCUT2D eigenvalue weighted by Crippen LogP contribution is 2.32. The lowest BCUT2D eigenvalue weighted by Crippen LogP contribution is -2.10. The fourth-order valence-electron chi connectivity index (χ4n) is 1.39. The zero-order valence-corrected chi connectivity index (χ0v) is 9.09. The Labute approximate surface area is 91.8 Å². The molecule has 0 amide bonds. The van der Waals surface area contributed by atoms with E-state index in [0.717, 1.165) is 5.00 Å². The van der Waals surface area contributed by atoms with Gasteiger partial charge in [0.1, 0.15) is 5.82 Å². The van der Waals surface area contributed by atoms with Gasteiger partial charge in [-0.1, -0.05) is 0 Å². The van der Waals surface area contributed by atoms with E-state index in [1.165, 1.54) is 12.1 Å². The van der Waals surface area contributed by atoms with E-state index in [1.54, 1.807) is 17.4 Å². The van der Waals surface area contributed by atoms with E-state index in [4.69, 9.17) is 5.73 Å². The zero-order chi connectivity index (χ0) is 10.8. The third-order valence-electron chi connectivity index (χ3n) is 2.19. The summed E-state index contributed by atoms with van der Waals surface area (Å²) in [5.74, 6) is -0.275. The number of hydrogen-bond donors (Lipinski definition) is 1. The summed E-state index contributed by atoms with van der Waals surface area (Å²) in [7, 11) is 1.87. The number of thiophene rings is 1. The first-order chi connectivity index (χ1) is 7.18. The van der Waals surface area contributed by atoms with Crippen molar-refractivity contribution < 1.29 is 4.39 Å². The molecular formula is C11H11FN2S. The molecule has 0 radical (unpaired) electrons. The number of nitrogens with two attached hydrogens (primary N) is 1. The van der Waals surface area contributed by atoms with Gasteiger partial charge >= 0.3 is 0 Å². The fourth-order valence-corrected chi connectivity index (χ4v) is 2.10. The van der Waals surface area contributed by atoms with Gasteiger partial charge in [0.15, 0.2) is 0 Å². The van der Waals surface area contributed by atoms with Crippen molar-refractivity contribution in [2.24, 2.45) is 0 Å². The summed E-state index contributed by atoms with van der Waals surface area (Å²) in [6, 6.07) is 8.30. The Morgan fingerprint density at radius 2 is 2.13 bits per heavy atom. The van der Waals surface area contributed by atoms with E-state index in [2.05, 4.69) is 0 Å². The molecule has 0 fully saturated rings. The normalized spacial score (nSPS) is 10.3. The maximum absolute atomic E-state index is 13.1. The number of halogens is 1. The molecule has 1 heterocycles. The van der Waals surface area contributed by atoms with Crippen molar-refractivity contribution in [2.75, 3.05) is 17.7 Å². The summed E-state index contributed by atoms with van der Waals surface area (Å²) in [4.78, 5) is 1.88. The smallest absolute Gasteiger partial charge is 0.125 e. The van der Waals surface area contributed by atoms with Gasteiger partial charge in [-0.25, -0.2) is 4.39 Å². The molecule has 0 unspecified atom stereocenters. The Bertz CT molecular complexity index is 454. The minimum Gasteiger partial charge on any atom is -0.397 e. The van der Waals surface area contributed by atoms with Crippen LogP contribution in [0.4, 0.5) is 20.8 Å². The van der Waals surface area contributed by atoms with Crippen molar-refractivity contribution in [3.63, 3.8) is 0 Å². The number of anilines is 3. The quantitative estimate of drug-likeness (QED) is 0.790. The third-order valence-corrected chi connectivity index (χ3v) is 3.14. The van der Waals surface area contributed by atoms with Gasteiger partial charge < -0.3 is 10.6 Å². The van der Waals surface area contributed by atoms with Gasteiger partial charge in [0.25, 0.3) is 0 Å². The number of nitrogen functional groups attached to an aromatic ring is 1. The molecule has 2 N–H and O–H groups in total. The zero-order valence-electron chi connectivity index (χ0n) is 8.27. The molecular weight excluding hydrogens is 211 g/mol. The van der Waals surface area contributed by atoms with Crippen molar-refractivity contribution >= 4 is 27.7 Å². The molecule has 0 aliphatic heterocycles. The predicted molar refractivity (Wildman–Crippen MR) is 63.2 cm³/mol. The van der Waals surface area contributed by atoms with E-state index < -0.39 is 0 Å². The molecule has 2 aromatic rings. The monoisotopic (exact) mass is 222 g/mol. The molecule has 78 valence electrons. The second-order valence-corrected chi connectivity index (χ2v) is 4.14. The topological polar surface area (TPSA) is 29.3 Å². The van der Waals surface area contributed by atoms with Crippen LogP contribution in [0.15, 0.2) is 35.7 Å². The molecule has 1 aromatic heterocycles. The Balaban J connectivity index is 2.41. The minimum absolute atomic E-state index is 0.275. The lowest BCUT2D eigenvalue weighted by Gasteiger charge is -2.19. The largest absolute Gasteiger partial charge is 0.397 e. The summed E-state index contributed by atoms with van der Waals surface area (Å²) in [5, 5.41) is 3.01. The maximum atomic E-state index is 13.1. The minimum atomic E-state index is -0.275. The van der Waals surface area contributed by atoms with Crippen LogP contribution in [0, 0.1) is 5.82 Å². The molecule has 0 aliphatic rings. The van der Waals surface area contributed by atoms with Crippen molar-refractivity contribution in [1.82, 2.24) is 0 Å². The predicted octanol–water partition coefficient (Wildman–Crippen LogP) is 3.24. The van der Waals surface area contributed by atoms with E-state index >= 15 is 0 Å². The van der Waals surface area contributed by atoms with Crippen LogP contribution in [0.25, 0.3) is 0 Å². The number of rotatable bonds is 2. The van der Waals surface area contributed by atoms with E-state index in [9.17, 15) is 4.39 Å². The SMILES string of the molecule is CN(c1cccs1)c1cc(F)ccc1N. The molecule has 1 aromatic carbocycles. The summed E-state index contributed by atoms with van der Waals surface area (Å²) in [6.07, 6.45) is 0. The summed E-state index contributed by atoms with van der Waals surface area (Å²) in [6.45, 7) is 0. The third kappa shape index (κ3) is 1.94. The molecule has 0 atom stereocenters. The molecule has 2 rings (SSSR count). The Kier molecular flexibility index (Phi) is 2.60. The molecule has 0 spiro atoms. The van der Waals surface area contributed by atoms with Crippen LogP contribution in [-0.4, -0.2) is 7.05 Å². The molecule has 4 heteroatoms. The van der Waals surface area contributed by atoms with Crippen LogP contribution in [0.1, 0.15) is 0 Å². The van der Waals surface area contributed by atoms with Crippen LogP contribution < -0.4 is 10.6 Å². The number of benzene rings is 1. The highest BCUT2D eigenvalue weighted by atomic mass is 32.1. The summed E-state index contributed by atoms with van der Waals surface area (Å²) in [5.41, 5.74) is 7.06. The first-order valence-corrected chi connectivity index (χ1v) is 5.38. The fraction of sp³-hybridized carbons (Fsp3) is 0.0909. The Hall–Kier alpha value is -1.55. The van der Waals surface area contributed by atoms with Gasteiger partial charge in [-0.15, -0.1) is 11.3 Å². The second kappa shape index (κ2) is 3.90. The standard InChI is InChI=1S/C11H11FN2S/c1-14(11-3-2-6-15-11)10-7-8(12)4-5-9(10)13/h2-7H,13H2,1H3. The van der Waals surface area contributed by atoms with Crippen molar-refractivity contribution in [1.29, 1.82) is 0 Å². The van der Waals surface area contributed by atoms with Gasteiger partial charge in [0.2, 0.25) is 0 Å². The van der Waals surface area contributed by atoms with E-state index in [1.807, 2.05) is 29.5 Å². The molecule has 0 aliphatic carbocycles. The van der Waals surface area contributed by atoms with Crippen LogP contribution in [0.3, 0.4) is 0 Å². The lowest BCUT2D eigenvalue weighted by atomic mass is 10.2. The second-order valence-electron chi connectivity index (χ2n) is 3.21. The molecule has 0 saturated carbocycles. The van der Waals surface area contributed by atoms with E-state index in [0.29, 0.717) is 11.4 Å². The average Bonchev–Trinajstić information content (AvgIpc) is 2.74. The lowest BCUT2D eigenvalue weighted by molar-refractivity contribution is 0.628. The first kappa shape index (κ1) is 9.98. The van der Waals surface area contributed by atoms with Gasteiger partial charge in [-0.3, -0.25) is 0 Å². The van der Waals surface area contributed by atoms with Gasteiger partial charge in [-0.2, -0.15) is 0 Å². The molecule has 15 heavy (non-hydrogen) atoms. The maximum Gasteiger partial charge on any atom is 0.125 e. The van der Waals surface area contributed by atoms with Crippen LogP contribution in [-0.2, 0) is 0 Å². The summed E-state index contributed by atoms with van der Waals surface area (Å²) >= 11 is 1.59. The highest BCUT2D eigenvalue weighted by molar-refractivity contribution is 7.14. The summed E-state index contributed by atoms with van der Waals surface area (Å²) < 4.78 is 13.1. The van der Waals surface area contributed by atoms with Gasteiger partial charge in [0, 0.05) is 7.05 Å². The van der Waals surface area contributed by atoms with Crippen molar-refractivity contribution in [2.45, 2.75) is 0 Å². The van der Waals surface area contributed by atoms with E-state index in [-0.39, 0.29) is 5.82 Å². The van der Waals surface area contributed by atoms with Gasteiger partial charge in [-0.05, 0) is 35.7 Å². The Morgan fingerprint density at radius 1 is 1.33 bits per heavy atom. The highest BCUT2D eigenvalue weighted by Gasteiger charge is 2.09. The number of hydrogen-bond acceptors (Lipinski definition) is 3. The average molecular weight is 222 g/mol. The van der Waals surface area contributed by atoms with Crippen LogP contribution in [0.2, 0.25) is 0 Å². The van der Waals surface area contributed by atoms with Crippen LogP contribution >= 0.6 is 11.3 Å². The molecule has 0 bridgehead atoms. The van der Waals surface area contributed by atoms with Gasteiger partial charge in [0.05, 0.1) is 16.4 Å². The first-order valence-electron chi connectivity index (χ1n) is 4.51. The molecule has 0 saturated heterocycles. The van der Waals surface area contributed by atoms with Crippen molar-refractivity contribution in [3.8, 4) is 0 Å². The molecule has 2 nitrogen and oxygen atoms in total.